The quantitative estimate of drug-likeness (QED) is 0.798. The van der Waals surface area contributed by atoms with E-state index in [0.29, 0.717) is 0 Å². The van der Waals surface area contributed by atoms with Gasteiger partial charge >= 0.3 is 5.76 Å². The largest absolute Gasteiger partial charge is 0.349 e. The zero-order valence-corrected chi connectivity index (χ0v) is 16.0. The number of nitrogens with one attached hydrogen (secondary N) is 1. The number of carbonyl (C=O) groups is 1. The number of hydrogen-bond acceptors (Lipinski definition) is 4. The summed E-state index contributed by atoms with van der Waals surface area (Å²) in [7, 11) is -4.65. The Kier molecular flexibility index (Phi) is 6.41. The summed E-state index contributed by atoms with van der Waals surface area (Å²) in [5.41, 5.74) is 1.50. The number of carbonyl (C=O) groups excluding carboxylic acids is 1. The van der Waals surface area contributed by atoms with Crippen LogP contribution in [0.3, 0.4) is 0 Å². The first kappa shape index (κ1) is 20.4. The van der Waals surface area contributed by atoms with E-state index < -0.39 is 20.5 Å². The molecule has 0 radical (unpaired) electrons. The first-order chi connectivity index (χ1) is 13.4. The highest BCUT2D eigenvalue weighted by Crippen LogP contribution is 2.19. The van der Waals surface area contributed by atoms with Crippen molar-refractivity contribution in [1.29, 1.82) is 0 Å². The molecule has 0 atom stereocenters. The normalized spacial score (nSPS) is 16.2. The average molecular weight is 408 g/mol. The molecule has 1 fully saturated rings. The number of nitrogens with zero attached hydrogens (tertiary/aromatic N) is 1. The molecule has 0 spiro atoms. The van der Waals surface area contributed by atoms with Crippen molar-refractivity contribution in [2.45, 2.75) is 36.1 Å². The molecule has 2 aromatic rings. The molecule has 1 amide bonds. The van der Waals surface area contributed by atoms with Crippen LogP contribution in [0.1, 0.15) is 28.8 Å². The maximum Gasteiger partial charge on any atom is 0.341 e. The van der Waals surface area contributed by atoms with Crippen LogP contribution in [0.2, 0.25) is 0 Å². The van der Waals surface area contributed by atoms with Crippen molar-refractivity contribution >= 4 is 15.7 Å². The van der Waals surface area contributed by atoms with Gasteiger partial charge in [0, 0.05) is 31.2 Å². The van der Waals surface area contributed by atoms with E-state index in [4.69, 9.17) is 0 Å². The van der Waals surface area contributed by atoms with Crippen molar-refractivity contribution in [2.75, 3.05) is 13.1 Å². The summed E-state index contributed by atoms with van der Waals surface area (Å²) >= 11 is 0. The van der Waals surface area contributed by atoms with E-state index in [-0.39, 0.29) is 17.5 Å². The molecule has 0 bridgehead atoms. The van der Waals surface area contributed by atoms with Crippen LogP contribution in [-0.2, 0) is 16.4 Å². The number of piperidine rings is 1. The van der Waals surface area contributed by atoms with Crippen molar-refractivity contribution in [2.24, 2.45) is 0 Å². The molecule has 28 heavy (non-hydrogen) atoms. The van der Waals surface area contributed by atoms with Crippen LogP contribution >= 0.6 is 0 Å². The summed E-state index contributed by atoms with van der Waals surface area (Å²) < 4.78 is 48.0. The summed E-state index contributed by atoms with van der Waals surface area (Å²) in [6, 6.07) is 14.8. The van der Waals surface area contributed by atoms with Crippen molar-refractivity contribution in [3.8, 4) is 0 Å². The van der Waals surface area contributed by atoms with Crippen LogP contribution in [0.5, 0.6) is 0 Å². The van der Waals surface area contributed by atoms with Crippen LogP contribution in [0.25, 0.3) is 0 Å². The fraction of sp³-hybridized carbons (Fsp3) is 0.350. The van der Waals surface area contributed by atoms with Gasteiger partial charge in [0.1, 0.15) is 0 Å². The molecular weight excluding hydrogens is 386 g/mol. The van der Waals surface area contributed by atoms with E-state index in [1.165, 1.54) is 17.7 Å². The van der Waals surface area contributed by atoms with Gasteiger partial charge < -0.3 is 5.32 Å². The molecule has 2 aromatic carbocycles. The highest BCUT2D eigenvalue weighted by Gasteiger charge is 2.27. The molecule has 5 nitrogen and oxygen atoms in total. The molecule has 8 heteroatoms. The lowest BCUT2D eigenvalue weighted by molar-refractivity contribution is 0.0909. The average Bonchev–Trinajstić information content (AvgIpc) is 2.70. The molecule has 150 valence electrons. The molecule has 1 aliphatic rings. The minimum atomic E-state index is -4.65. The van der Waals surface area contributed by atoms with Gasteiger partial charge in [0.15, 0.2) is 0 Å². The van der Waals surface area contributed by atoms with Crippen molar-refractivity contribution < 1.29 is 22.0 Å². The van der Waals surface area contributed by atoms with Crippen LogP contribution in [0, 0.1) is 0 Å². The second-order valence-electron chi connectivity index (χ2n) is 6.84. The Bertz CT molecular complexity index is 895. The number of alkyl halides is 2. The Hall–Kier alpha value is -2.32. The van der Waals surface area contributed by atoms with Gasteiger partial charge in [-0.1, -0.05) is 30.3 Å². The number of halogens is 2. The third-order valence-electron chi connectivity index (χ3n) is 4.85. The summed E-state index contributed by atoms with van der Waals surface area (Å²) in [5, 5.41) is 2.94. The Morgan fingerprint density at radius 2 is 1.64 bits per heavy atom. The molecule has 1 N–H and O–H groups in total. The monoisotopic (exact) mass is 408 g/mol. The lowest BCUT2D eigenvalue weighted by atomic mass is 10.0. The number of sulfone groups is 1. The molecule has 0 unspecified atom stereocenters. The summed E-state index contributed by atoms with van der Waals surface area (Å²) in [6.45, 7) is 2.61. The molecule has 3 rings (SSSR count). The van der Waals surface area contributed by atoms with Gasteiger partial charge in [-0.15, -0.1) is 0 Å². The number of hydrogen-bond donors (Lipinski definition) is 1. The van der Waals surface area contributed by atoms with Gasteiger partial charge in [-0.3, -0.25) is 9.69 Å². The lowest BCUT2D eigenvalue weighted by Crippen LogP contribution is -2.44. The third-order valence-corrected chi connectivity index (χ3v) is 6.25. The Morgan fingerprint density at radius 3 is 2.21 bits per heavy atom. The zero-order valence-electron chi connectivity index (χ0n) is 15.2. The first-order valence-electron chi connectivity index (χ1n) is 9.05. The van der Waals surface area contributed by atoms with Gasteiger partial charge in [-0.2, -0.15) is 8.78 Å². The topological polar surface area (TPSA) is 66.5 Å². The van der Waals surface area contributed by atoms with Crippen molar-refractivity contribution in [1.82, 2.24) is 10.2 Å². The maximum absolute atomic E-state index is 12.6. The highest BCUT2D eigenvalue weighted by molar-refractivity contribution is 7.91. The number of rotatable bonds is 6. The molecule has 0 saturated carbocycles. The molecular formula is C20H22F2N2O3S. The summed E-state index contributed by atoms with van der Waals surface area (Å²) in [5.74, 6) is -3.81. The molecule has 1 aliphatic heterocycles. The first-order valence-corrected chi connectivity index (χ1v) is 10.6. The Labute approximate surface area is 163 Å². The van der Waals surface area contributed by atoms with Crippen molar-refractivity contribution in [3.63, 3.8) is 0 Å². The Balaban J connectivity index is 1.52. The predicted octanol–water partition coefficient (Wildman–Crippen LogP) is 3.08. The number of likely N-dealkylation sites (tertiary alicyclic amines) is 1. The SMILES string of the molecule is O=C(NC1CCN(Cc2ccccc2)CC1)c1ccc(S(=O)(=O)C(F)F)cc1. The van der Waals surface area contributed by atoms with E-state index in [1.807, 2.05) is 18.2 Å². The summed E-state index contributed by atoms with van der Waals surface area (Å²) in [4.78, 5) is 14.2. The van der Waals surface area contributed by atoms with E-state index >= 15 is 0 Å². The second kappa shape index (κ2) is 8.79. The molecule has 1 heterocycles. The zero-order chi connectivity index (χ0) is 20.1. The number of amides is 1. The lowest BCUT2D eigenvalue weighted by Gasteiger charge is -2.32. The molecule has 0 aromatic heterocycles. The minimum absolute atomic E-state index is 0.0315. The van der Waals surface area contributed by atoms with Crippen LogP contribution in [0.4, 0.5) is 8.78 Å². The van der Waals surface area contributed by atoms with Crippen molar-refractivity contribution in [3.05, 3.63) is 65.7 Å². The van der Waals surface area contributed by atoms with Gasteiger partial charge in [0.2, 0.25) is 9.84 Å². The Morgan fingerprint density at radius 1 is 1.04 bits per heavy atom. The van der Waals surface area contributed by atoms with Crippen LogP contribution in [0.15, 0.2) is 59.5 Å². The fourth-order valence-corrected chi connectivity index (χ4v) is 3.97. The van der Waals surface area contributed by atoms with E-state index in [9.17, 15) is 22.0 Å². The van der Waals surface area contributed by atoms with E-state index in [2.05, 4.69) is 22.3 Å². The highest BCUT2D eigenvalue weighted by atomic mass is 32.2. The van der Waals surface area contributed by atoms with Gasteiger partial charge in [0.05, 0.1) is 4.90 Å². The second-order valence-corrected chi connectivity index (χ2v) is 8.76. The van der Waals surface area contributed by atoms with E-state index in [1.54, 1.807) is 0 Å². The fourth-order valence-electron chi connectivity index (χ4n) is 3.24. The summed E-state index contributed by atoms with van der Waals surface area (Å²) in [6.07, 6.45) is 1.63. The predicted molar refractivity (Wildman–Crippen MR) is 102 cm³/mol. The van der Waals surface area contributed by atoms with Gasteiger partial charge in [-0.05, 0) is 42.7 Å². The molecule has 0 aliphatic carbocycles. The van der Waals surface area contributed by atoms with Crippen LogP contribution < -0.4 is 5.32 Å². The van der Waals surface area contributed by atoms with Crippen LogP contribution in [-0.4, -0.2) is 44.1 Å². The minimum Gasteiger partial charge on any atom is -0.349 e. The smallest absolute Gasteiger partial charge is 0.341 e. The maximum atomic E-state index is 12.6. The number of benzene rings is 2. The third kappa shape index (κ3) is 4.94. The van der Waals surface area contributed by atoms with Gasteiger partial charge in [-0.25, -0.2) is 8.42 Å². The molecule has 1 saturated heterocycles. The van der Waals surface area contributed by atoms with E-state index in [0.717, 1.165) is 44.6 Å². The standard InChI is InChI=1S/C20H22F2N2O3S/c21-20(22)28(26,27)18-8-6-16(7-9-18)19(25)23-17-10-12-24(13-11-17)14-15-4-2-1-3-5-15/h1-9,17,20H,10-14H2,(H,23,25). The van der Waals surface area contributed by atoms with Gasteiger partial charge in [0.25, 0.3) is 5.91 Å².